The molecule has 5 heteroatoms. The number of amides is 1. The van der Waals surface area contributed by atoms with Gasteiger partial charge in [0.25, 0.3) is 5.91 Å². The summed E-state index contributed by atoms with van der Waals surface area (Å²) in [5, 5.41) is 5.11. The van der Waals surface area contributed by atoms with Gasteiger partial charge in [0.05, 0.1) is 17.3 Å². The minimum absolute atomic E-state index is 0.0318. The third kappa shape index (κ3) is 3.55. The van der Waals surface area contributed by atoms with E-state index in [2.05, 4.69) is 22.2 Å². The Morgan fingerprint density at radius 2 is 1.96 bits per heavy atom. The molecule has 0 radical (unpaired) electrons. The minimum atomic E-state index is 0.0318. The van der Waals surface area contributed by atoms with Crippen molar-refractivity contribution in [2.45, 2.75) is 27.2 Å². The SMILES string of the molecule is Cc1cc(C)c2nc(C)cc(C(=O)N(C)CCc3cnn(C)c3)c2c1. The molecule has 5 nitrogen and oxygen atoms in total. The Morgan fingerprint density at radius 1 is 1.20 bits per heavy atom. The smallest absolute Gasteiger partial charge is 0.254 e. The van der Waals surface area contributed by atoms with Crippen molar-refractivity contribution >= 4 is 16.8 Å². The van der Waals surface area contributed by atoms with E-state index < -0.39 is 0 Å². The van der Waals surface area contributed by atoms with E-state index in [1.54, 1.807) is 9.58 Å². The van der Waals surface area contributed by atoms with E-state index in [1.165, 1.54) is 0 Å². The predicted molar refractivity (Wildman–Crippen MR) is 99.8 cm³/mol. The molecule has 3 rings (SSSR count). The number of nitrogens with zero attached hydrogens (tertiary/aromatic N) is 4. The van der Waals surface area contributed by atoms with Crippen LogP contribution in [0, 0.1) is 20.8 Å². The molecule has 2 aromatic heterocycles. The molecule has 0 aliphatic carbocycles. The number of likely N-dealkylation sites (N-methyl/N-ethyl adjacent to an activating group) is 1. The number of aromatic nitrogens is 3. The highest BCUT2D eigenvalue weighted by Gasteiger charge is 2.17. The topological polar surface area (TPSA) is 51.0 Å². The predicted octanol–water partition coefficient (Wildman–Crippen LogP) is 3.21. The van der Waals surface area contributed by atoms with Crippen molar-refractivity contribution in [2.75, 3.05) is 13.6 Å². The van der Waals surface area contributed by atoms with E-state index in [-0.39, 0.29) is 5.91 Å². The Hall–Kier alpha value is -2.69. The lowest BCUT2D eigenvalue weighted by Crippen LogP contribution is -2.29. The van der Waals surface area contributed by atoms with Crippen LogP contribution in [-0.2, 0) is 13.5 Å². The number of aryl methyl sites for hydroxylation is 4. The summed E-state index contributed by atoms with van der Waals surface area (Å²) in [6.07, 6.45) is 4.62. The largest absolute Gasteiger partial charge is 0.341 e. The zero-order valence-electron chi connectivity index (χ0n) is 15.5. The van der Waals surface area contributed by atoms with Gasteiger partial charge in [0.15, 0.2) is 0 Å². The van der Waals surface area contributed by atoms with Crippen molar-refractivity contribution in [1.82, 2.24) is 19.7 Å². The Balaban J connectivity index is 1.90. The van der Waals surface area contributed by atoms with E-state index in [4.69, 9.17) is 0 Å². The lowest BCUT2D eigenvalue weighted by atomic mass is 10.0. The van der Waals surface area contributed by atoms with Crippen LogP contribution in [0.2, 0.25) is 0 Å². The Morgan fingerprint density at radius 3 is 2.64 bits per heavy atom. The van der Waals surface area contributed by atoms with Gasteiger partial charge in [-0.15, -0.1) is 0 Å². The second-order valence-corrected chi connectivity index (χ2v) is 6.79. The molecular formula is C20H24N4O. The molecule has 0 saturated carbocycles. The van der Waals surface area contributed by atoms with Crippen LogP contribution in [0.5, 0.6) is 0 Å². The second kappa shape index (κ2) is 6.67. The molecule has 0 unspecified atom stereocenters. The van der Waals surface area contributed by atoms with Crippen molar-refractivity contribution in [1.29, 1.82) is 0 Å². The first-order valence-electron chi connectivity index (χ1n) is 8.46. The number of carbonyl (C=O) groups excluding carboxylic acids is 1. The van der Waals surface area contributed by atoms with Crippen LogP contribution in [0.1, 0.15) is 32.7 Å². The number of hydrogen-bond acceptors (Lipinski definition) is 3. The Kier molecular flexibility index (Phi) is 4.57. The minimum Gasteiger partial charge on any atom is -0.341 e. The molecule has 0 spiro atoms. The maximum atomic E-state index is 13.0. The number of fused-ring (bicyclic) bond motifs is 1. The monoisotopic (exact) mass is 336 g/mol. The highest BCUT2D eigenvalue weighted by Crippen LogP contribution is 2.24. The van der Waals surface area contributed by atoms with Gasteiger partial charge in [0.1, 0.15) is 0 Å². The average molecular weight is 336 g/mol. The number of hydrogen-bond donors (Lipinski definition) is 0. The molecule has 130 valence electrons. The third-order valence-corrected chi connectivity index (χ3v) is 4.45. The van der Waals surface area contributed by atoms with Gasteiger partial charge < -0.3 is 4.90 Å². The summed E-state index contributed by atoms with van der Waals surface area (Å²) in [6.45, 7) is 6.68. The summed E-state index contributed by atoms with van der Waals surface area (Å²) < 4.78 is 1.78. The summed E-state index contributed by atoms with van der Waals surface area (Å²) in [5.74, 6) is 0.0318. The molecule has 0 saturated heterocycles. The third-order valence-electron chi connectivity index (χ3n) is 4.45. The molecule has 0 N–H and O–H groups in total. The molecule has 0 fully saturated rings. The average Bonchev–Trinajstić information content (AvgIpc) is 2.97. The molecule has 0 aliphatic heterocycles. The molecule has 1 amide bonds. The number of rotatable bonds is 4. The molecule has 3 aromatic rings. The van der Waals surface area contributed by atoms with Crippen LogP contribution in [0.4, 0.5) is 0 Å². The van der Waals surface area contributed by atoms with Crippen LogP contribution < -0.4 is 0 Å². The van der Waals surface area contributed by atoms with E-state index in [0.717, 1.165) is 45.3 Å². The van der Waals surface area contributed by atoms with Gasteiger partial charge in [0, 0.05) is 37.9 Å². The molecular weight excluding hydrogens is 312 g/mol. The van der Waals surface area contributed by atoms with E-state index in [9.17, 15) is 4.79 Å². The maximum absolute atomic E-state index is 13.0. The fourth-order valence-corrected chi connectivity index (χ4v) is 3.19. The summed E-state index contributed by atoms with van der Waals surface area (Å²) >= 11 is 0. The van der Waals surface area contributed by atoms with Crippen molar-refractivity contribution in [3.05, 3.63) is 58.5 Å². The van der Waals surface area contributed by atoms with E-state index in [0.29, 0.717) is 6.54 Å². The highest BCUT2D eigenvalue weighted by molar-refractivity contribution is 6.06. The van der Waals surface area contributed by atoms with Crippen molar-refractivity contribution in [3.63, 3.8) is 0 Å². The van der Waals surface area contributed by atoms with Gasteiger partial charge in [-0.2, -0.15) is 5.10 Å². The fraction of sp³-hybridized carbons (Fsp3) is 0.350. The van der Waals surface area contributed by atoms with E-state index >= 15 is 0 Å². The lowest BCUT2D eigenvalue weighted by Gasteiger charge is -2.19. The van der Waals surface area contributed by atoms with Crippen molar-refractivity contribution in [3.8, 4) is 0 Å². The van der Waals surface area contributed by atoms with Crippen LogP contribution in [0.3, 0.4) is 0 Å². The fourth-order valence-electron chi connectivity index (χ4n) is 3.19. The second-order valence-electron chi connectivity index (χ2n) is 6.79. The quantitative estimate of drug-likeness (QED) is 0.735. The zero-order valence-corrected chi connectivity index (χ0v) is 15.5. The first-order valence-corrected chi connectivity index (χ1v) is 8.46. The van der Waals surface area contributed by atoms with Gasteiger partial charge in [-0.1, -0.05) is 11.6 Å². The maximum Gasteiger partial charge on any atom is 0.254 e. The highest BCUT2D eigenvalue weighted by atomic mass is 16.2. The first kappa shape index (κ1) is 17.1. The van der Waals surface area contributed by atoms with Crippen LogP contribution >= 0.6 is 0 Å². The summed E-state index contributed by atoms with van der Waals surface area (Å²) in [4.78, 5) is 19.4. The summed E-state index contributed by atoms with van der Waals surface area (Å²) in [7, 11) is 3.75. The van der Waals surface area contributed by atoms with Crippen LogP contribution in [-0.4, -0.2) is 39.2 Å². The van der Waals surface area contributed by atoms with Gasteiger partial charge in [-0.3, -0.25) is 14.5 Å². The molecule has 0 atom stereocenters. The van der Waals surface area contributed by atoms with Crippen LogP contribution in [0.25, 0.3) is 10.9 Å². The molecule has 0 bridgehead atoms. The normalized spacial score (nSPS) is 11.1. The summed E-state index contributed by atoms with van der Waals surface area (Å²) in [5.41, 5.74) is 5.87. The summed E-state index contributed by atoms with van der Waals surface area (Å²) in [6, 6.07) is 6.05. The van der Waals surface area contributed by atoms with Gasteiger partial charge >= 0.3 is 0 Å². The van der Waals surface area contributed by atoms with Gasteiger partial charge in [-0.05, 0) is 50.5 Å². The van der Waals surface area contributed by atoms with Gasteiger partial charge in [-0.25, -0.2) is 0 Å². The Bertz CT molecular complexity index is 942. The number of pyridine rings is 1. The number of benzene rings is 1. The Labute approximate surface area is 148 Å². The van der Waals surface area contributed by atoms with E-state index in [1.807, 2.05) is 53.3 Å². The lowest BCUT2D eigenvalue weighted by molar-refractivity contribution is 0.0798. The van der Waals surface area contributed by atoms with Crippen molar-refractivity contribution in [2.24, 2.45) is 7.05 Å². The van der Waals surface area contributed by atoms with Crippen molar-refractivity contribution < 1.29 is 4.79 Å². The number of carbonyl (C=O) groups is 1. The molecule has 1 aromatic carbocycles. The molecule has 2 heterocycles. The first-order chi connectivity index (χ1) is 11.8. The van der Waals surface area contributed by atoms with Gasteiger partial charge in [0.2, 0.25) is 0 Å². The standard InChI is InChI=1S/C20H24N4O/c1-13-8-14(2)19-17(9-13)18(10-15(3)22-19)20(25)23(4)7-6-16-11-21-24(5)12-16/h8-12H,6-7H2,1-5H3. The molecule has 0 aliphatic rings. The molecule has 25 heavy (non-hydrogen) atoms. The zero-order chi connectivity index (χ0) is 18.1. The van der Waals surface area contributed by atoms with Crippen LogP contribution in [0.15, 0.2) is 30.6 Å².